The minimum atomic E-state index is -0.996. The molecule has 0 fully saturated rings. The maximum atomic E-state index is 11.6. The van der Waals surface area contributed by atoms with Gasteiger partial charge in [0.25, 0.3) is 0 Å². The summed E-state index contributed by atoms with van der Waals surface area (Å²) in [6, 6.07) is 5.05. The fourth-order valence-corrected chi connectivity index (χ4v) is 1.55. The molecule has 0 aliphatic rings. The van der Waals surface area contributed by atoms with Gasteiger partial charge in [0, 0.05) is 5.56 Å². The summed E-state index contributed by atoms with van der Waals surface area (Å²) in [6.45, 7) is 3.59. The summed E-state index contributed by atoms with van der Waals surface area (Å²) in [6.07, 6.45) is -0.272. The predicted octanol–water partition coefficient (Wildman–Crippen LogP) is 1.18. The number of ether oxygens (including phenoxy) is 1. The maximum Gasteiger partial charge on any atom is 0.190 e. The summed E-state index contributed by atoms with van der Waals surface area (Å²) < 4.78 is 5.35. The highest BCUT2D eigenvalue weighted by Crippen LogP contribution is 2.21. The van der Waals surface area contributed by atoms with Crippen molar-refractivity contribution < 1.29 is 19.7 Å². The molecule has 0 heterocycles. The Morgan fingerprint density at radius 1 is 1.47 bits per heavy atom. The average molecular weight is 238 g/mol. The number of hydrogen-bond donors (Lipinski definition) is 2. The summed E-state index contributed by atoms with van der Waals surface area (Å²) in [4.78, 5) is 11.6. The zero-order chi connectivity index (χ0) is 12.8. The lowest BCUT2D eigenvalue weighted by molar-refractivity contribution is 0.0779. The van der Waals surface area contributed by atoms with Gasteiger partial charge in [0.2, 0.25) is 0 Å². The van der Waals surface area contributed by atoms with E-state index < -0.39 is 6.10 Å². The number of benzene rings is 1. The van der Waals surface area contributed by atoms with E-state index in [2.05, 4.69) is 0 Å². The van der Waals surface area contributed by atoms with Gasteiger partial charge in [-0.25, -0.2) is 0 Å². The first-order valence-electron chi connectivity index (χ1n) is 5.69. The van der Waals surface area contributed by atoms with Crippen LogP contribution in [0, 0.1) is 0 Å². The van der Waals surface area contributed by atoms with Crippen LogP contribution in [-0.2, 0) is 6.42 Å². The van der Waals surface area contributed by atoms with Crippen molar-refractivity contribution in [3.8, 4) is 5.75 Å². The highest BCUT2D eigenvalue weighted by atomic mass is 16.5. The normalized spacial score (nSPS) is 12.2. The number of carbonyl (C=O) groups excluding carboxylic acids is 1. The van der Waals surface area contributed by atoms with Crippen molar-refractivity contribution in [2.45, 2.75) is 26.4 Å². The molecule has 4 nitrogen and oxygen atoms in total. The minimum Gasteiger partial charge on any atom is -0.491 e. The molecule has 0 aliphatic heterocycles. The first kappa shape index (κ1) is 13.7. The smallest absolute Gasteiger partial charge is 0.190 e. The van der Waals surface area contributed by atoms with Crippen molar-refractivity contribution in [3.05, 3.63) is 29.3 Å². The lowest BCUT2D eigenvalue weighted by Crippen LogP contribution is -2.16. The van der Waals surface area contributed by atoms with E-state index in [1.807, 2.05) is 6.92 Å². The van der Waals surface area contributed by atoms with E-state index in [0.29, 0.717) is 11.3 Å². The number of rotatable bonds is 6. The lowest BCUT2D eigenvalue weighted by atomic mass is 10.0. The molecule has 1 rings (SSSR count). The van der Waals surface area contributed by atoms with Crippen molar-refractivity contribution in [2.24, 2.45) is 0 Å². The largest absolute Gasteiger partial charge is 0.491 e. The maximum absolute atomic E-state index is 11.6. The first-order chi connectivity index (χ1) is 8.10. The second-order valence-corrected chi connectivity index (χ2v) is 3.79. The molecule has 17 heavy (non-hydrogen) atoms. The molecule has 0 spiro atoms. The second-order valence-electron chi connectivity index (χ2n) is 3.79. The van der Waals surface area contributed by atoms with Crippen LogP contribution in [0.4, 0.5) is 0 Å². The monoisotopic (exact) mass is 238 g/mol. The fraction of sp³-hybridized carbons (Fsp3) is 0.462. The highest BCUT2D eigenvalue weighted by molar-refractivity contribution is 5.99. The van der Waals surface area contributed by atoms with Crippen molar-refractivity contribution in [3.63, 3.8) is 0 Å². The van der Waals surface area contributed by atoms with Crippen LogP contribution in [-0.4, -0.2) is 35.3 Å². The quantitative estimate of drug-likeness (QED) is 0.730. The van der Waals surface area contributed by atoms with Crippen LogP contribution in [0.3, 0.4) is 0 Å². The molecule has 0 amide bonds. The number of aliphatic hydroxyl groups excluding tert-OH is 2. The van der Waals surface area contributed by atoms with E-state index in [0.717, 1.165) is 12.0 Å². The summed E-state index contributed by atoms with van der Waals surface area (Å²) in [5, 5.41) is 17.9. The van der Waals surface area contributed by atoms with Crippen LogP contribution in [0.2, 0.25) is 0 Å². The third-order valence-corrected chi connectivity index (χ3v) is 2.45. The summed E-state index contributed by atoms with van der Waals surface area (Å²) in [5.74, 6) is 0.372. The van der Waals surface area contributed by atoms with Crippen LogP contribution in [0.15, 0.2) is 18.2 Å². The molecule has 0 aromatic heterocycles. The summed E-state index contributed by atoms with van der Waals surface area (Å²) in [5.41, 5.74) is 1.37. The Morgan fingerprint density at radius 3 is 2.71 bits per heavy atom. The molecule has 0 saturated carbocycles. The molecule has 0 bridgehead atoms. The van der Waals surface area contributed by atoms with Gasteiger partial charge in [-0.3, -0.25) is 4.79 Å². The predicted molar refractivity (Wildman–Crippen MR) is 64.4 cm³/mol. The van der Waals surface area contributed by atoms with Gasteiger partial charge < -0.3 is 14.9 Å². The Hall–Kier alpha value is -1.39. The third-order valence-electron chi connectivity index (χ3n) is 2.45. The Morgan fingerprint density at radius 2 is 2.18 bits per heavy atom. The number of carbonyl (C=O) groups is 1. The van der Waals surface area contributed by atoms with Gasteiger partial charge in [0.05, 0.1) is 6.61 Å². The van der Waals surface area contributed by atoms with Crippen LogP contribution in [0.25, 0.3) is 0 Å². The van der Waals surface area contributed by atoms with Crippen molar-refractivity contribution in [2.75, 3.05) is 13.2 Å². The zero-order valence-corrected chi connectivity index (χ0v) is 10.1. The van der Waals surface area contributed by atoms with Crippen LogP contribution in [0.1, 0.15) is 29.8 Å². The number of aryl methyl sites for hydroxylation is 1. The van der Waals surface area contributed by atoms with Crippen LogP contribution >= 0.6 is 0 Å². The fourth-order valence-electron chi connectivity index (χ4n) is 1.55. The van der Waals surface area contributed by atoms with Crippen LogP contribution < -0.4 is 4.74 Å². The zero-order valence-electron chi connectivity index (χ0n) is 10.1. The SMILES string of the molecule is CCc1cc(C(=O)C(C)O)ccc1OCCO. The minimum absolute atomic E-state index is 0.0441. The molecule has 94 valence electrons. The van der Waals surface area contributed by atoms with Gasteiger partial charge in [-0.1, -0.05) is 6.92 Å². The average Bonchev–Trinajstić information content (AvgIpc) is 2.35. The molecule has 1 unspecified atom stereocenters. The molecule has 1 aromatic rings. The lowest BCUT2D eigenvalue weighted by Gasteiger charge is -2.11. The molecule has 4 heteroatoms. The Balaban J connectivity index is 2.95. The number of Topliss-reactive ketones (excluding diaryl/α,β-unsaturated/α-hetero) is 1. The molecule has 2 N–H and O–H groups in total. The van der Waals surface area contributed by atoms with E-state index in [9.17, 15) is 9.90 Å². The molecular weight excluding hydrogens is 220 g/mol. The van der Waals surface area contributed by atoms with Gasteiger partial charge in [-0.15, -0.1) is 0 Å². The van der Waals surface area contributed by atoms with Crippen molar-refractivity contribution >= 4 is 5.78 Å². The van der Waals surface area contributed by atoms with Gasteiger partial charge in [0.15, 0.2) is 5.78 Å². The van der Waals surface area contributed by atoms with E-state index in [1.165, 1.54) is 6.92 Å². The molecular formula is C13H18O4. The molecule has 1 atom stereocenters. The summed E-state index contributed by atoms with van der Waals surface area (Å²) in [7, 11) is 0. The Labute approximate surface area is 101 Å². The first-order valence-corrected chi connectivity index (χ1v) is 5.69. The van der Waals surface area contributed by atoms with Crippen molar-refractivity contribution in [1.82, 2.24) is 0 Å². The van der Waals surface area contributed by atoms with E-state index in [-0.39, 0.29) is 19.0 Å². The molecule has 0 saturated heterocycles. The van der Waals surface area contributed by atoms with Gasteiger partial charge in [-0.05, 0) is 37.1 Å². The number of hydrogen-bond acceptors (Lipinski definition) is 4. The molecule has 1 aromatic carbocycles. The standard InChI is InChI=1S/C13H18O4/c1-3-10-8-11(13(16)9(2)15)4-5-12(10)17-7-6-14/h4-5,8-9,14-15H,3,6-7H2,1-2H3. The van der Waals surface area contributed by atoms with E-state index >= 15 is 0 Å². The third kappa shape index (κ3) is 3.54. The highest BCUT2D eigenvalue weighted by Gasteiger charge is 2.14. The van der Waals surface area contributed by atoms with Gasteiger partial charge in [0.1, 0.15) is 18.5 Å². The summed E-state index contributed by atoms with van der Waals surface area (Å²) >= 11 is 0. The second kappa shape index (κ2) is 6.37. The molecule has 0 radical (unpaired) electrons. The molecule has 0 aliphatic carbocycles. The topological polar surface area (TPSA) is 66.8 Å². The Bertz CT molecular complexity index is 385. The Kier molecular flexibility index (Phi) is 5.12. The van der Waals surface area contributed by atoms with Gasteiger partial charge in [-0.2, -0.15) is 0 Å². The number of ketones is 1. The van der Waals surface area contributed by atoms with E-state index in [4.69, 9.17) is 9.84 Å². The van der Waals surface area contributed by atoms with E-state index in [1.54, 1.807) is 18.2 Å². The van der Waals surface area contributed by atoms with Gasteiger partial charge >= 0.3 is 0 Å². The van der Waals surface area contributed by atoms with Crippen LogP contribution in [0.5, 0.6) is 5.75 Å². The number of aliphatic hydroxyl groups is 2. The van der Waals surface area contributed by atoms with Crippen molar-refractivity contribution in [1.29, 1.82) is 0 Å².